The van der Waals surface area contributed by atoms with Crippen LogP contribution in [0, 0.1) is 0 Å². The molecule has 0 N–H and O–H groups in total. The molecule has 2 fully saturated rings. The summed E-state index contributed by atoms with van der Waals surface area (Å²) in [5.41, 5.74) is 3.52. The van der Waals surface area contributed by atoms with E-state index in [1.54, 1.807) is 0 Å². The van der Waals surface area contributed by atoms with Crippen LogP contribution in [0.2, 0.25) is 0 Å². The third kappa shape index (κ3) is 5.69. The highest BCUT2D eigenvalue weighted by molar-refractivity contribution is 5.76. The summed E-state index contributed by atoms with van der Waals surface area (Å²) in [5, 5.41) is 8.48. The van der Waals surface area contributed by atoms with Gasteiger partial charge in [0.1, 0.15) is 11.4 Å². The molecular formula is C26H26F3N5O2. The molecule has 3 aromatic rings. The number of alkyl halides is 3. The van der Waals surface area contributed by atoms with E-state index in [2.05, 4.69) is 38.2 Å². The number of allylic oxidation sites excluding steroid dienone is 1. The van der Waals surface area contributed by atoms with Crippen LogP contribution < -0.4 is 4.74 Å². The maximum absolute atomic E-state index is 13.4. The number of halogens is 3. The molecule has 0 radical (unpaired) electrons. The minimum Gasteiger partial charge on any atom is -0.406 e. The second kappa shape index (κ2) is 10.0. The van der Waals surface area contributed by atoms with Crippen molar-refractivity contribution in [3.63, 3.8) is 0 Å². The van der Waals surface area contributed by atoms with Crippen LogP contribution in [0.4, 0.5) is 18.0 Å². The minimum atomic E-state index is -4.76. The maximum atomic E-state index is 13.4. The van der Waals surface area contributed by atoms with Gasteiger partial charge >= 0.3 is 12.4 Å². The van der Waals surface area contributed by atoms with Crippen LogP contribution in [0.1, 0.15) is 24.8 Å². The molecule has 2 heterocycles. The molecule has 0 spiro atoms. The first-order valence-electron chi connectivity index (χ1n) is 11.9. The molecule has 1 aliphatic heterocycles. The summed E-state index contributed by atoms with van der Waals surface area (Å²) >= 11 is 0. The topological polar surface area (TPSA) is 63.5 Å². The summed E-state index contributed by atoms with van der Waals surface area (Å²) in [6.07, 6.45) is 3.16. The number of carbonyl (C=O) groups is 1. The zero-order chi connectivity index (χ0) is 25.1. The van der Waals surface area contributed by atoms with Gasteiger partial charge in [-0.3, -0.25) is 0 Å². The first kappa shape index (κ1) is 23.9. The number of amides is 1. The molecular weight excluding hydrogens is 471 g/mol. The first-order chi connectivity index (χ1) is 17.3. The quantitative estimate of drug-likeness (QED) is 0.490. The molecule has 2 aliphatic rings. The monoisotopic (exact) mass is 497 g/mol. The zero-order valence-electron chi connectivity index (χ0n) is 19.6. The fraction of sp³-hybridized carbons (Fsp3) is 0.346. The highest BCUT2D eigenvalue weighted by Crippen LogP contribution is 2.28. The number of piperazine rings is 1. The van der Waals surface area contributed by atoms with Gasteiger partial charge in [0, 0.05) is 25.2 Å². The Morgan fingerprint density at radius 1 is 1.06 bits per heavy atom. The van der Waals surface area contributed by atoms with Crippen molar-refractivity contribution in [3.05, 3.63) is 78.1 Å². The molecule has 1 aliphatic carbocycles. The Morgan fingerprint density at radius 3 is 2.47 bits per heavy atom. The van der Waals surface area contributed by atoms with Gasteiger partial charge < -0.3 is 14.5 Å². The molecule has 1 amide bonds. The van der Waals surface area contributed by atoms with Gasteiger partial charge in [-0.15, -0.1) is 18.3 Å². The summed E-state index contributed by atoms with van der Waals surface area (Å²) in [7, 11) is 0. The van der Waals surface area contributed by atoms with Gasteiger partial charge in [0.2, 0.25) is 0 Å². The zero-order valence-corrected chi connectivity index (χ0v) is 19.6. The average molecular weight is 498 g/mol. The van der Waals surface area contributed by atoms with Crippen molar-refractivity contribution in [2.45, 2.75) is 38.1 Å². The van der Waals surface area contributed by atoms with Gasteiger partial charge in [0.15, 0.2) is 0 Å². The summed E-state index contributed by atoms with van der Waals surface area (Å²) in [4.78, 5) is 18.6. The van der Waals surface area contributed by atoms with Crippen LogP contribution in [-0.2, 0) is 6.42 Å². The van der Waals surface area contributed by atoms with Gasteiger partial charge in [-0.2, -0.15) is 5.10 Å². The van der Waals surface area contributed by atoms with Gasteiger partial charge in [0.25, 0.3) is 0 Å². The van der Waals surface area contributed by atoms with Crippen LogP contribution in [0.25, 0.3) is 11.3 Å². The summed E-state index contributed by atoms with van der Waals surface area (Å²) in [5.74, 6) is -0.326. The maximum Gasteiger partial charge on any atom is 0.573 e. The SMILES string of the molecule is O=C(N1CCN(C=C2CCC2)CC1Cc1ccccc1)n1ncc(-c2ccc(OC(F)(F)F)cc2)n1. The van der Waals surface area contributed by atoms with E-state index in [4.69, 9.17) is 0 Å². The number of nitrogens with zero attached hydrogens (tertiary/aromatic N) is 5. The van der Waals surface area contributed by atoms with Gasteiger partial charge in [-0.1, -0.05) is 40.7 Å². The molecule has 188 valence electrons. The van der Waals surface area contributed by atoms with E-state index in [-0.39, 0.29) is 17.8 Å². The van der Waals surface area contributed by atoms with Crippen molar-refractivity contribution in [1.29, 1.82) is 0 Å². The molecule has 5 rings (SSSR count). The van der Waals surface area contributed by atoms with E-state index < -0.39 is 6.36 Å². The van der Waals surface area contributed by atoms with Crippen LogP contribution in [0.5, 0.6) is 5.75 Å². The Balaban J connectivity index is 1.32. The Hall–Kier alpha value is -3.82. The number of rotatable bonds is 5. The van der Waals surface area contributed by atoms with Crippen LogP contribution in [0.15, 0.2) is 72.6 Å². The van der Waals surface area contributed by atoms with E-state index in [1.165, 1.54) is 42.5 Å². The Labute approximate surface area is 206 Å². The van der Waals surface area contributed by atoms with Crippen molar-refractivity contribution < 1.29 is 22.7 Å². The Bertz CT molecular complexity index is 1220. The van der Waals surface area contributed by atoms with Crippen molar-refractivity contribution in [3.8, 4) is 17.0 Å². The van der Waals surface area contributed by atoms with E-state index >= 15 is 0 Å². The predicted octanol–water partition coefficient (Wildman–Crippen LogP) is 5.11. The van der Waals surface area contributed by atoms with Crippen molar-refractivity contribution in [2.75, 3.05) is 19.6 Å². The highest BCUT2D eigenvalue weighted by atomic mass is 19.4. The summed E-state index contributed by atoms with van der Waals surface area (Å²) < 4.78 is 41.2. The lowest BCUT2D eigenvalue weighted by Crippen LogP contribution is -2.56. The summed E-state index contributed by atoms with van der Waals surface area (Å²) in [6.45, 7) is 1.99. The molecule has 1 atom stereocenters. The van der Waals surface area contributed by atoms with Crippen molar-refractivity contribution in [2.24, 2.45) is 0 Å². The molecule has 10 heteroatoms. The number of benzene rings is 2. The molecule has 7 nitrogen and oxygen atoms in total. The van der Waals surface area contributed by atoms with Crippen molar-refractivity contribution >= 4 is 6.03 Å². The third-order valence-electron chi connectivity index (χ3n) is 6.48. The van der Waals surface area contributed by atoms with Gasteiger partial charge in [-0.25, -0.2) is 4.79 Å². The second-order valence-corrected chi connectivity index (χ2v) is 9.05. The largest absolute Gasteiger partial charge is 0.573 e. The number of aromatic nitrogens is 3. The van der Waals surface area contributed by atoms with Gasteiger partial charge in [-0.05, 0) is 61.7 Å². The Morgan fingerprint density at radius 2 is 1.81 bits per heavy atom. The van der Waals surface area contributed by atoms with E-state index in [9.17, 15) is 18.0 Å². The highest BCUT2D eigenvalue weighted by Gasteiger charge is 2.33. The molecule has 2 aromatic carbocycles. The van der Waals surface area contributed by atoms with Crippen LogP contribution >= 0.6 is 0 Å². The van der Waals surface area contributed by atoms with E-state index in [1.807, 2.05) is 23.1 Å². The first-order valence-corrected chi connectivity index (χ1v) is 11.9. The number of carbonyl (C=O) groups excluding carboxylic acids is 1. The molecule has 36 heavy (non-hydrogen) atoms. The number of hydrogen-bond donors (Lipinski definition) is 0. The lowest BCUT2D eigenvalue weighted by Gasteiger charge is -2.41. The lowest BCUT2D eigenvalue weighted by atomic mass is 9.93. The smallest absolute Gasteiger partial charge is 0.406 e. The minimum absolute atomic E-state index is 0.0566. The van der Waals surface area contributed by atoms with E-state index in [0.717, 1.165) is 36.3 Å². The van der Waals surface area contributed by atoms with Crippen LogP contribution in [-0.4, -0.2) is 62.9 Å². The molecule has 1 unspecified atom stereocenters. The summed E-state index contributed by atoms with van der Waals surface area (Å²) in [6, 6.07) is 15.0. The Kier molecular flexibility index (Phi) is 6.67. The molecule has 1 aromatic heterocycles. The molecule has 1 saturated heterocycles. The fourth-order valence-electron chi connectivity index (χ4n) is 4.51. The third-order valence-corrected chi connectivity index (χ3v) is 6.48. The van der Waals surface area contributed by atoms with Crippen LogP contribution in [0.3, 0.4) is 0 Å². The standard InChI is InChI=1S/C26H26F3N5O2/c27-26(28,29)36-23-11-9-21(10-12-23)24-16-30-34(31-24)25(35)33-14-13-32(17-20-7-4-8-20)18-22(33)15-19-5-2-1-3-6-19/h1-3,5-6,9-12,16-17,22H,4,7-8,13-15,18H2. The average Bonchev–Trinajstić information content (AvgIpc) is 3.32. The normalized spacial score (nSPS) is 18.1. The van der Waals surface area contributed by atoms with E-state index in [0.29, 0.717) is 24.2 Å². The molecule has 1 saturated carbocycles. The molecule has 0 bridgehead atoms. The number of hydrogen-bond acceptors (Lipinski definition) is 5. The lowest BCUT2D eigenvalue weighted by molar-refractivity contribution is -0.274. The fourth-order valence-corrected chi connectivity index (χ4v) is 4.51. The number of ether oxygens (including phenoxy) is 1. The van der Waals surface area contributed by atoms with Gasteiger partial charge in [0.05, 0.1) is 12.2 Å². The second-order valence-electron chi connectivity index (χ2n) is 9.05. The van der Waals surface area contributed by atoms with Crippen molar-refractivity contribution in [1.82, 2.24) is 24.8 Å². The predicted molar refractivity (Wildman–Crippen MR) is 127 cm³/mol.